The van der Waals surface area contributed by atoms with Crippen molar-refractivity contribution in [3.8, 4) is 11.3 Å². The summed E-state index contributed by atoms with van der Waals surface area (Å²) in [4.78, 5) is 43.5. The normalized spacial score (nSPS) is 10.8. The maximum absolute atomic E-state index is 13.7. The number of nitrogens with zero attached hydrogens (tertiary/aromatic N) is 3. The van der Waals surface area contributed by atoms with Crippen molar-refractivity contribution in [3.63, 3.8) is 0 Å². The molecule has 40 heavy (non-hydrogen) atoms. The lowest BCUT2D eigenvalue weighted by Crippen LogP contribution is -2.29. The lowest BCUT2D eigenvalue weighted by atomic mass is 10.0. The number of fused-ring (bicyclic) bond motifs is 1. The number of hydrogen-bond acceptors (Lipinski definition) is 8. The van der Waals surface area contributed by atoms with Gasteiger partial charge < -0.3 is 14.8 Å². The monoisotopic (exact) mass is 534 g/mol. The Bertz CT molecular complexity index is 1740. The molecule has 0 aliphatic rings. The lowest BCUT2D eigenvalue weighted by Gasteiger charge is -2.18. The molecule has 0 saturated carbocycles. The third kappa shape index (κ3) is 5.30. The first-order valence-corrected chi connectivity index (χ1v) is 12.7. The van der Waals surface area contributed by atoms with E-state index in [4.69, 9.17) is 9.47 Å². The smallest absolute Gasteiger partial charge is 0.343 e. The summed E-state index contributed by atoms with van der Waals surface area (Å²) >= 11 is 0. The molecule has 9 nitrogen and oxygen atoms in total. The second-order valence-corrected chi connectivity index (χ2v) is 8.85. The van der Waals surface area contributed by atoms with Crippen LogP contribution in [0.2, 0.25) is 0 Å². The third-order valence-electron chi connectivity index (χ3n) is 6.36. The molecule has 3 aromatic carbocycles. The number of nitrogens with one attached hydrogen (secondary N) is 1. The highest BCUT2D eigenvalue weighted by Crippen LogP contribution is 2.30. The zero-order valence-corrected chi connectivity index (χ0v) is 22.0. The van der Waals surface area contributed by atoms with Gasteiger partial charge in [-0.15, -0.1) is 0 Å². The van der Waals surface area contributed by atoms with Crippen molar-refractivity contribution in [2.45, 2.75) is 20.1 Å². The molecule has 2 heterocycles. The molecular formula is C31H26N4O5. The molecule has 0 amide bonds. The highest BCUT2D eigenvalue weighted by molar-refractivity contribution is 6.03. The van der Waals surface area contributed by atoms with Crippen LogP contribution >= 0.6 is 0 Å². The van der Waals surface area contributed by atoms with Crippen LogP contribution < -0.4 is 10.9 Å². The highest BCUT2D eigenvalue weighted by Gasteiger charge is 2.26. The number of anilines is 2. The number of aromatic nitrogens is 3. The van der Waals surface area contributed by atoms with Crippen LogP contribution in [0.3, 0.4) is 0 Å². The summed E-state index contributed by atoms with van der Waals surface area (Å²) in [6.07, 6.45) is 1.69. The second kappa shape index (κ2) is 11.6. The van der Waals surface area contributed by atoms with Gasteiger partial charge in [-0.1, -0.05) is 48.5 Å². The summed E-state index contributed by atoms with van der Waals surface area (Å²) in [5.74, 6) is -1.18. The number of hydrogen-bond donors (Lipinski definition) is 1. The van der Waals surface area contributed by atoms with Crippen LogP contribution in [0.25, 0.3) is 22.2 Å². The number of methoxy groups -OCH3 is 1. The van der Waals surface area contributed by atoms with Crippen molar-refractivity contribution in [2.75, 3.05) is 12.4 Å². The van der Waals surface area contributed by atoms with E-state index in [2.05, 4.69) is 15.4 Å². The van der Waals surface area contributed by atoms with Gasteiger partial charge in [0.1, 0.15) is 23.6 Å². The molecular weight excluding hydrogens is 508 g/mol. The molecule has 9 heteroatoms. The Morgan fingerprint density at radius 1 is 0.900 bits per heavy atom. The minimum absolute atomic E-state index is 0.0213. The van der Waals surface area contributed by atoms with Gasteiger partial charge in [0.2, 0.25) is 0 Å². The molecule has 0 fully saturated rings. The van der Waals surface area contributed by atoms with E-state index in [1.807, 2.05) is 61.5 Å². The first-order valence-electron chi connectivity index (χ1n) is 12.7. The number of aryl methyl sites for hydroxylation is 1. The Labute approximate surface area is 230 Å². The van der Waals surface area contributed by atoms with E-state index in [-0.39, 0.29) is 17.9 Å². The summed E-state index contributed by atoms with van der Waals surface area (Å²) < 4.78 is 11.8. The quantitative estimate of drug-likeness (QED) is 0.265. The molecule has 2 aromatic heterocycles. The number of carbonyl (C=O) groups is 2. The number of ether oxygens (including phenoxy) is 2. The predicted molar refractivity (Wildman–Crippen MR) is 152 cm³/mol. The zero-order valence-electron chi connectivity index (χ0n) is 22.0. The van der Waals surface area contributed by atoms with E-state index < -0.39 is 17.5 Å². The fourth-order valence-corrected chi connectivity index (χ4v) is 4.32. The summed E-state index contributed by atoms with van der Waals surface area (Å²) in [5.41, 5.74) is 2.97. The Kier molecular flexibility index (Phi) is 7.63. The van der Waals surface area contributed by atoms with E-state index >= 15 is 0 Å². The molecule has 0 atom stereocenters. The summed E-state index contributed by atoms with van der Waals surface area (Å²) in [7, 11) is 1.31. The molecule has 0 aliphatic carbocycles. The molecule has 0 unspecified atom stereocenters. The van der Waals surface area contributed by atoms with Crippen LogP contribution in [-0.2, 0) is 22.6 Å². The van der Waals surface area contributed by atoms with Gasteiger partial charge in [-0.3, -0.25) is 9.78 Å². The Morgan fingerprint density at radius 3 is 2.40 bits per heavy atom. The van der Waals surface area contributed by atoms with Crippen molar-refractivity contribution < 1.29 is 19.1 Å². The molecule has 5 rings (SSSR count). The van der Waals surface area contributed by atoms with Gasteiger partial charge in [-0.2, -0.15) is 5.10 Å². The summed E-state index contributed by atoms with van der Waals surface area (Å²) in [6.45, 7) is 2.03. The van der Waals surface area contributed by atoms with Crippen LogP contribution in [0, 0.1) is 0 Å². The maximum atomic E-state index is 13.7. The molecule has 1 N–H and O–H groups in total. The van der Waals surface area contributed by atoms with Gasteiger partial charge in [-0.05, 0) is 48.9 Å². The standard InChI is InChI=1S/C31H26N4O5/c1-3-35-29(36)28(33-25-13-7-12-24-23(25)11-8-18-32-24)26(27(34-35)21-9-5-4-6-10-21)31(38)40-19-20-14-16-22(17-15-20)30(37)39-2/h4-18,33H,3,19H2,1-2H3. The van der Waals surface area contributed by atoms with Gasteiger partial charge >= 0.3 is 11.9 Å². The summed E-state index contributed by atoms with van der Waals surface area (Å²) in [6, 6.07) is 24.9. The van der Waals surface area contributed by atoms with Gasteiger partial charge in [0, 0.05) is 29.4 Å². The van der Waals surface area contributed by atoms with Gasteiger partial charge in [-0.25, -0.2) is 14.3 Å². The first kappa shape index (κ1) is 26.3. The molecule has 0 radical (unpaired) electrons. The largest absolute Gasteiger partial charge is 0.465 e. The number of esters is 2. The van der Waals surface area contributed by atoms with Crippen LogP contribution in [0.5, 0.6) is 0 Å². The van der Waals surface area contributed by atoms with E-state index in [1.54, 1.807) is 36.5 Å². The van der Waals surface area contributed by atoms with Crippen molar-refractivity contribution in [1.82, 2.24) is 14.8 Å². The number of pyridine rings is 1. The molecule has 0 saturated heterocycles. The number of benzene rings is 3. The molecule has 0 aliphatic heterocycles. The number of carbonyl (C=O) groups excluding carboxylic acids is 2. The SMILES string of the molecule is CCn1nc(-c2ccccc2)c(C(=O)OCc2ccc(C(=O)OC)cc2)c(Nc2cccc3ncccc23)c1=O. The first-order chi connectivity index (χ1) is 19.5. The fourth-order valence-electron chi connectivity index (χ4n) is 4.32. The van der Waals surface area contributed by atoms with E-state index in [0.717, 1.165) is 10.9 Å². The van der Waals surface area contributed by atoms with E-state index in [1.165, 1.54) is 11.8 Å². The van der Waals surface area contributed by atoms with Crippen molar-refractivity contribution in [1.29, 1.82) is 0 Å². The van der Waals surface area contributed by atoms with Crippen LogP contribution in [0.4, 0.5) is 11.4 Å². The second-order valence-electron chi connectivity index (χ2n) is 8.85. The van der Waals surface area contributed by atoms with Gasteiger partial charge in [0.15, 0.2) is 0 Å². The molecule has 0 bridgehead atoms. The van der Waals surface area contributed by atoms with Gasteiger partial charge in [0.05, 0.1) is 18.2 Å². The molecule has 200 valence electrons. The maximum Gasteiger partial charge on any atom is 0.343 e. The van der Waals surface area contributed by atoms with Crippen LogP contribution in [-0.4, -0.2) is 33.8 Å². The van der Waals surface area contributed by atoms with E-state index in [0.29, 0.717) is 34.6 Å². The Balaban J connectivity index is 1.59. The number of rotatable bonds is 8. The van der Waals surface area contributed by atoms with Crippen molar-refractivity contribution in [3.05, 3.63) is 118 Å². The molecule has 0 spiro atoms. The minimum atomic E-state index is -0.718. The van der Waals surface area contributed by atoms with Crippen molar-refractivity contribution >= 4 is 34.2 Å². The Hall–Kier alpha value is -5.31. The topological polar surface area (TPSA) is 112 Å². The van der Waals surface area contributed by atoms with Gasteiger partial charge in [0.25, 0.3) is 5.56 Å². The lowest BCUT2D eigenvalue weighted by molar-refractivity contribution is 0.0472. The predicted octanol–water partition coefficient (Wildman–Crippen LogP) is 5.37. The fraction of sp³-hybridized carbons (Fsp3) is 0.129. The van der Waals surface area contributed by atoms with E-state index in [9.17, 15) is 14.4 Å². The van der Waals surface area contributed by atoms with Crippen LogP contribution in [0.15, 0.2) is 95.9 Å². The zero-order chi connectivity index (χ0) is 28.1. The van der Waals surface area contributed by atoms with Crippen LogP contribution in [0.1, 0.15) is 33.2 Å². The summed E-state index contributed by atoms with van der Waals surface area (Å²) in [5, 5.41) is 8.54. The highest BCUT2D eigenvalue weighted by atomic mass is 16.5. The average Bonchev–Trinajstić information content (AvgIpc) is 3.01. The Morgan fingerprint density at radius 2 is 1.68 bits per heavy atom. The minimum Gasteiger partial charge on any atom is -0.465 e. The third-order valence-corrected chi connectivity index (χ3v) is 6.36. The van der Waals surface area contributed by atoms with Crippen molar-refractivity contribution in [2.24, 2.45) is 0 Å². The molecule has 5 aromatic rings. The average molecular weight is 535 g/mol.